The van der Waals surface area contributed by atoms with Crippen molar-refractivity contribution in [3.63, 3.8) is 0 Å². The Hall–Kier alpha value is -2.43. The fourth-order valence-electron chi connectivity index (χ4n) is 2.82. The minimum atomic E-state index is -0.817. The van der Waals surface area contributed by atoms with Gasteiger partial charge in [0.05, 0.1) is 50.2 Å². The lowest BCUT2D eigenvalue weighted by molar-refractivity contribution is -0.0776. The highest BCUT2D eigenvalue weighted by Crippen LogP contribution is 2.24. The van der Waals surface area contributed by atoms with Gasteiger partial charge in [0, 0.05) is 25.5 Å². The first-order valence-corrected chi connectivity index (χ1v) is 7.84. The van der Waals surface area contributed by atoms with E-state index in [-0.39, 0.29) is 12.2 Å². The van der Waals surface area contributed by atoms with Gasteiger partial charge in [0.2, 0.25) is 0 Å². The molecule has 2 heterocycles. The van der Waals surface area contributed by atoms with Crippen LogP contribution in [0.25, 0.3) is 11.0 Å². The number of hydrogen-bond acceptors (Lipinski definition) is 6. The van der Waals surface area contributed by atoms with E-state index in [0.717, 1.165) is 0 Å². The molecule has 0 radical (unpaired) electrons. The topological polar surface area (TPSA) is 86.4 Å². The predicted octanol–water partition coefficient (Wildman–Crippen LogP) is 1.49. The number of nitrogens with zero attached hydrogens (tertiary/aromatic N) is 3. The Bertz CT molecular complexity index is 819. The lowest BCUT2D eigenvalue weighted by atomic mass is 9.96. The highest BCUT2D eigenvalue weighted by Gasteiger charge is 2.33. The molecule has 0 spiro atoms. The number of hydrogen-bond donors (Lipinski definition) is 0. The van der Waals surface area contributed by atoms with E-state index in [1.165, 1.54) is 6.20 Å². The molecule has 1 aliphatic rings. The summed E-state index contributed by atoms with van der Waals surface area (Å²) in [6.45, 7) is 1.64. The lowest BCUT2D eigenvalue weighted by Crippen LogP contribution is -2.39. The zero-order valence-electron chi connectivity index (χ0n) is 13.5. The largest absolute Gasteiger partial charge is 0.497 e. The Morgan fingerprint density at radius 1 is 1.42 bits per heavy atom. The molecule has 0 amide bonds. The molecule has 1 saturated heterocycles. The van der Waals surface area contributed by atoms with E-state index in [4.69, 9.17) is 14.2 Å². The maximum absolute atomic E-state index is 12.2. The van der Waals surface area contributed by atoms with Gasteiger partial charge < -0.3 is 18.8 Å². The maximum Gasteiger partial charge on any atom is 0.269 e. The van der Waals surface area contributed by atoms with Crippen LogP contribution in [0.2, 0.25) is 0 Å². The summed E-state index contributed by atoms with van der Waals surface area (Å²) in [5, 5.41) is 9.41. The number of rotatable bonds is 5. The van der Waals surface area contributed by atoms with Gasteiger partial charge in [0.15, 0.2) is 5.60 Å². The Kier molecular flexibility index (Phi) is 4.79. The molecule has 1 fully saturated rings. The van der Waals surface area contributed by atoms with Gasteiger partial charge in [-0.05, 0) is 12.1 Å². The molecule has 3 rings (SSSR count). The second kappa shape index (κ2) is 6.99. The molecule has 24 heavy (non-hydrogen) atoms. The van der Waals surface area contributed by atoms with E-state index in [1.807, 2.05) is 0 Å². The number of ether oxygens (including phenoxy) is 3. The van der Waals surface area contributed by atoms with Crippen molar-refractivity contribution in [3.05, 3.63) is 34.7 Å². The number of aromatic nitrogens is 2. The minimum absolute atomic E-state index is 0.211. The summed E-state index contributed by atoms with van der Waals surface area (Å²) in [5.41, 5.74) is 0.361. The minimum Gasteiger partial charge on any atom is -0.497 e. The molecule has 126 valence electrons. The summed E-state index contributed by atoms with van der Waals surface area (Å²) in [4.78, 5) is 16.3. The Morgan fingerprint density at radius 2 is 2.21 bits per heavy atom. The summed E-state index contributed by atoms with van der Waals surface area (Å²) >= 11 is 0. The van der Waals surface area contributed by atoms with Crippen molar-refractivity contribution in [1.82, 2.24) is 9.55 Å². The molecule has 0 saturated carbocycles. The average molecular weight is 329 g/mol. The van der Waals surface area contributed by atoms with Crippen LogP contribution in [0.1, 0.15) is 12.8 Å². The number of fused-ring (bicyclic) bond motifs is 1. The van der Waals surface area contributed by atoms with Crippen molar-refractivity contribution >= 4 is 11.0 Å². The fourth-order valence-corrected chi connectivity index (χ4v) is 2.82. The molecule has 0 N–H and O–H groups in total. The highest BCUT2D eigenvalue weighted by atomic mass is 16.5. The molecule has 1 aromatic heterocycles. The van der Waals surface area contributed by atoms with Gasteiger partial charge in [-0.1, -0.05) is 0 Å². The molecule has 1 aliphatic heterocycles. The fraction of sp³-hybridized carbons (Fsp3) is 0.471. The van der Waals surface area contributed by atoms with Gasteiger partial charge in [-0.25, -0.2) is 4.98 Å². The molecular formula is C17H19N3O4. The van der Waals surface area contributed by atoms with Gasteiger partial charge in [-0.2, -0.15) is 5.26 Å². The first-order chi connectivity index (χ1) is 11.7. The van der Waals surface area contributed by atoms with Crippen molar-refractivity contribution in [3.8, 4) is 11.8 Å². The Labute approximate surface area is 139 Å². The van der Waals surface area contributed by atoms with Crippen LogP contribution in [0.3, 0.4) is 0 Å². The molecule has 2 aromatic rings. The van der Waals surface area contributed by atoms with Crippen LogP contribution in [0.5, 0.6) is 5.75 Å². The van der Waals surface area contributed by atoms with Gasteiger partial charge >= 0.3 is 0 Å². The Balaban J connectivity index is 1.81. The number of benzene rings is 1. The van der Waals surface area contributed by atoms with Crippen molar-refractivity contribution in [2.24, 2.45) is 0 Å². The number of nitriles is 1. The normalized spacial score (nSPS) is 16.7. The zero-order valence-corrected chi connectivity index (χ0v) is 13.5. The SMILES string of the molecule is COc1ccc2ncc(=O)n(CCOC3(C#N)CCOCC3)c2c1. The Morgan fingerprint density at radius 3 is 2.92 bits per heavy atom. The van der Waals surface area contributed by atoms with E-state index in [1.54, 1.807) is 29.9 Å². The quantitative estimate of drug-likeness (QED) is 0.826. The van der Waals surface area contributed by atoms with Gasteiger partial charge in [0.25, 0.3) is 5.56 Å². The van der Waals surface area contributed by atoms with E-state index in [0.29, 0.717) is 49.4 Å². The van der Waals surface area contributed by atoms with Crippen molar-refractivity contribution in [2.75, 3.05) is 26.9 Å². The van der Waals surface area contributed by atoms with Crippen LogP contribution >= 0.6 is 0 Å². The van der Waals surface area contributed by atoms with Crippen LogP contribution < -0.4 is 10.3 Å². The third kappa shape index (κ3) is 3.25. The van der Waals surface area contributed by atoms with Gasteiger partial charge in [0.1, 0.15) is 5.75 Å². The standard InChI is InChI=1S/C17H19N3O4/c1-22-13-2-3-14-15(10-13)20(16(21)11-19-14)6-9-24-17(12-18)4-7-23-8-5-17/h2-3,10-11H,4-9H2,1H3. The van der Waals surface area contributed by atoms with Crippen LogP contribution in [0.15, 0.2) is 29.2 Å². The summed E-state index contributed by atoms with van der Waals surface area (Å²) in [6.07, 6.45) is 2.38. The van der Waals surface area contributed by atoms with Crippen LogP contribution in [0.4, 0.5) is 0 Å². The summed E-state index contributed by atoms with van der Waals surface area (Å²) < 4.78 is 17.9. The van der Waals surface area contributed by atoms with Crippen molar-refractivity contribution in [1.29, 1.82) is 5.26 Å². The van der Waals surface area contributed by atoms with E-state index >= 15 is 0 Å². The van der Waals surface area contributed by atoms with Crippen LogP contribution in [0, 0.1) is 11.3 Å². The molecule has 0 aliphatic carbocycles. The molecule has 7 nitrogen and oxygen atoms in total. The summed E-state index contributed by atoms with van der Waals surface area (Å²) in [6, 6.07) is 7.63. The molecular weight excluding hydrogens is 310 g/mol. The lowest BCUT2D eigenvalue weighted by Gasteiger charge is -2.30. The van der Waals surface area contributed by atoms with Crippen LogP contribution in [-0.4, -0.2) is 42.1 Å². The molecule has 0 bridgehead atoms. The maximum atomic E-state index is 12.2. The third-order valence-electron chi connectivity index (χ3n) is 4.25. The monoisotopic (exact) mass is 329 g/mol. The van der Waals surface area contributed by atoms with E-state index in [2.05, 4.69) is 11.1 Å². The van der Waals surface area contributed by atoms with E-state index in [9.17, 15) is 10.1 Å². The second-order valence-corrected chi connectivity index (χ2v) is 5.67. The number of methoxy groups -OCH3 is 1. The summed E-state index contributed by atoms with van der Waals surface area (Å²) in [7, 11) is 1.57. The van der Waals surface area contributed by atoms with Gasteiger partial charge in [-0.15, -0.1) is 0 Å². The molecule has 7 heteroatoms. The van der Waals surface area contributed by atoms with Gasteiger partial charge in [-0.3, -0.25) is 4.79 Å². The van der Waals surface area contributed by atoms with Crippen LogP contribution in [-0.2, 0) is 16.0 Å². The zero-order chi connectivity index (χ0) is 17.0. The predicted molar refractivity (Wildman–Crippen MR) is 86.9 cm³/mol. The second-order valence-electron chi connectivity index (χ2n) is 5.67. The third-order valence-corrected chi connectivity index (χ3v) is 4.25. The van der Waals surface area contributed by atoms with Crippen molar-refractivity contribution < 1.29 is 14.2 Å². The summed E-state index contributed by atoms with van der Waals surface area (Å²) in [5.74, 6) is 0.655. The first-order valence-electron chi connectivity index (χ1n) is 7.84. The molecule has 0 atom stereocenters. The highest BCUT2D eigenvalue weighted by molar-refractivity contribution is 5.76. The average Bonchev–Trinajstić information content (AvgIpc) is 2.64. The van der Waals surface area contributed by atoms with Crippen molar-refractivity contribution in [2.45, 2.75) is 25.0 Å². The smallest absolute Gasteiger partial charge is 0.269 e. The first kappa shape index (κ1) is 16.4. The molecule has 1 aromatic carbocycles. The molecule has 0 unspecified atom stereocenters. The van der Waals surface area contributed by atoms with E-state index < -0.39 is 5.60 Å².